The topological polar surface area (TPSA) is 63.2 Å². The van der Waals surface area contributed by atoms with Gasteiger partial charge in [0.1, 0.15) is 11.5 Å². The van der Waals surface area contributed by atoms with E-state index in [1.165, 1.54) is 12.4 Å². The minimum absolute atomic E-state index is 0.0192. The molecule has 1 atom stereocenters. The zero-order chi connectivity index (χ0) is 13.0. The van der Waals surface area contributed by atoms with Gasteiger partial charge >= 0.3 is 0 Å². The molecule has 0 bridgehead atoms. The van der Waals surface area contributed by atoms with Gasteiger partial charge in [0.15, 0.2) is 0 Å². The second kappa shape index (κ2) is 5.71. The number of amides is 1. The molecule has 2 rings (SSSR count). The summed E-state index contributed by atoms with van der Waals surface area (Å²) in [7, 11) is 0. The predicted molar refractivity (Wildman–Crippen MR) is 66.0 cm³/mol. The lowest BCUT2D eigenvalue weighted by molar-refractivity contribution is -0.118. The van der Waals surface area contributed by atoms with E-state index < -0.39 is 0 Å². The van der Waals surface area contributed by atoms with Gasteiger partial charge in [0, 0.05) is 31.4 Å². The van der Waals surface area contributed by atoms with Gasteiger partial charge in [-0.3, -0.25) is 14.6 Å². The zero-order valence-electron chi connectivity index (χ0n) is 10.5. The third-order valence-electron chi connectivity index (χ3n) is 3.19. The van der Waals surface area contributed by atoms with Crippen molar-refractivity contribution < 1.29 is 9.59 Å². The Bertz CT molecular complexity index is 433. The highest BCUT2D eigenvalue weighted by Gasteiger charge is 2.28. The summed E-state index contributed by atoms with van der Waals surface area (Å²) < 4.78 is 0. The van der Waals surface area contributed by atoms with Gasteiger partial charge in [0.05, 0.1) is 6.20 Å². The fourth-order valence-corrected chi connectivity index (χ4v) is 2.37. The summed E-state index contributed by atoms with van der Waals surface area (Å²) in [6, 6.07) is 0.0192. The highest BCUT2D eigenvalue weighted by atomic mass is 16.2. The van der Waals surface area contributed by atoms with Crippen molar-refractivity contribution in [2.75, 3.05) is 6.54 Å². The lowest BCUT2D eigenvalue weighted by atomic mass is 9.97. The number of hydrogen-bond acceptors (Lipinski definition) is 4. The Kier molecular flexibility index (Phi) is 4.02. The standard InChI is InChI=1S/C13H17N3O2/c1-10(17)8-11-4-2-3-7-16(11)13(18)12-9-14-5-6-15-12/h5-6,9,11H,2-4,7-8H2,1H3. The Morgan fingerprint density at radius 3 is 2.89 bits per heavy atom. The van der Waals surface area contributed by atoms with Crippen LogP contribution in [0.4, 0.5) is 0 Å². The maximum absolute atomic E-state index is 12.3. The molecular weight excluding hydrogens is 230 g/mol. The van der Waals surface area contributed by atoms with Gasteiger partial charge in [-0.1, -0.05) is 0 Å². The first-order valence-electron chi connectivity index (χ1n) is 6.25. The van der Waals surface area contributed by atoms with Crippen LogP contribution in [0, 0.1) is 0 Å². The Balaban J connectivity index is 2.13. The van der Waals surface area contributed by atoms with Crippen LogP contribution < -0.4 is 0 Å². The van der Waals surface area contributed by atoms with Crippen molar-refractivity contribution in [3.05, 3.63) is 24.3 Å². The van der Waals surface area contributed by atoms with Crippen LogP contribution in [0.5, 0.6) is 0 Å². The molecule has 2 heterocycles. The summed E-state index contributed by atoms with van der Waals surface area (Å²) in [6.07, 6.45) is 7.92. The third kappa shape index (κ3) is 2.91. The largest absolute Gasteiger partial charge is 0.334 e. The average molecular weight is 247 g/mol. The van der Waals surface area contributed by atoms with Crippen LogP contribution in [0.25, 0.3) is 0 Å². The molecule has 1 unspecified atom stereocenters. The molecule has 1 aromatic heterocycles. The fourth-order valence-electron chi connectivity index (χ4n) is 2.37. The maximum Gasteiger partial charge on any atom is 0.274 e. The van der Waals surface area contributed by atoms with Crippen molar-refractivity contribution in [2.24, 2.45) is 0 Å². The van der Waals surface area contributed by atoms with E-state index in [4.69, 9.17) is 0 Å². The van der Waals surface area contributed by atoms with Crippen LogP contribution in [-0.4, -0.2) is 39.1 Å². The molecular formula is C13H17N3O2. The number of aromatic nitrogens is 2. The molecule has 0 aliphatic carbocycles. The van der Waals surface area contributed by atoms with Crippen LogP contribution in [0.15, 0.2) is 18.6 Å². The van der Waals surface area contributed by atoms with Crippen LogP contribution in [0.2, 0.25) is 0 Å². The van der Waals surface area contributed by atoms with E-state index >= 15 is 0 Å². The molecule has 18 heavy (non-hydrogen) atoms. The number of nitrogens with zero attached hydrogens (tertiary/aromatic N) is 3. The van der Waals surface area contributed by atoms with E-state index in [0.29, 0.717) is 18.7 Å². The van der Waals surface area contributed by atoms with E-state index in [-0.39, 0.29) is 17.7 Å². The second-order valence-corrected chi connectivity index (χ2v) is 4.64. The van der Waals surface area contributed by atoms with E-state index in [1.54, 1.807) is 18.0 Å². The maximum atomic E-state index is 12.3. The van der Waals surface area contributed by atoms with Crippen LogP contribution >= 0.6 is 0 Å². The molecule has 0 aromatic carbocycles. The van der Waals surface area contributed by atoms with Gasteiger partial charge in [-0.05, 0) is 26.2 Å². The number of carbonyl (C=O) groups excluding carboxylic acids is 2. The molecule has 5 heteroatoms. The fraction of sp³-hybridized carbons (Fsp3) is 0.538. The molecule has 0 N–H and O–H groups in total. The van der Waals surface area contributed by atoms with Gasteiger partial charge in [-0.25, -0.2) is 4.98 Å². The first-order valence-corrected chi connectivity index (χ1v) is 6.25. The minimum atomic E-state index is -0.117. The molecule has 1 aromatic rings. The molecule has 5 nitrogen and oxygen atoms in total. The number of likely N-dealkylation sites (tertiary alicyclic amines) is 1. The first kappa shape index (κ1) is 12.7. The summed E-state index contributed by atoms with van der Waals surface area (Å²) in [4.78, 5) is 33.3. The van der Waals surface area contributed by atoms with Gasteiger partial charge in [-0.15, -0.1) is 0 Å². The van der Waals surface area contributed by atoms with Gasteiger partial charge in [0.2, 0.25) is 0 Å². The average Bonchev–Trinajstić information content (AvgIpc) is 2.39. The van der Waals surface area contributed by atoms with Crippen LogP contribution in [0.1, 0.15) is 43.1 Å². The molecule has 96 valence electrons. The molecule has 1 aliphatic heterocycles. The summed E-state index contributed by atoms with van der Waals surface area (Å²) in [6.45, 7) is 2.27. The third-order valence-corrected chi connectivity index (χ3v) is 3.19. The molecule has 0 saturated carbocycles. The summed E-state index contributed by atoms with van der Waals surface area (Å²) in [5.41, 5.74) is 0.355. The lowest BCUT2D eigenvalue weighted by Gasteiger charge is -2.35. The van der Waals surface area contributed by atoms with Crippen molar-refractivity contribution in [3.63, 3.8) is 0 Å². The second-order valence-electron chi connectivity index (χ2n) is 4.64. The zero-order valence-corrected chi connectivity index (χ0v) is 10.5. The quantitative estimate of drug-likeness (QED) is 0.811. The highest BCUT2D eigenvalue weighted by molar-refractivity contribution is 5.92. The number of ketones is 1. The Morgan fingerprint density at radius 1 is 1.39 bits per heavy atom. The van der Waals surface area contributed by atoms with Crippen molar-refractivity contribution in [2.45, 2.75) is 38.6 Å². The Hall–Kier alpha value is -1.78. The van der Waals surface area contributed by atoms with Gasteiger partial charge in [0.25, 0.3) is 5.91 Å². The number of hydrogen-bond donors (Lipinski definition) is 0. The van der Waals surface area contributed by atoms with Crippen molar-refractivity contribution >= 4 is 11.7 Å². The lowest BCUT2D eigenvalue weighted by Crippen LogP contribution is -2.44. The number of carbonyl (C=O) groups is 2. The number of piperidine rings is 1. The normalized spacial score (nSPS) is 19.6. The van der Waals surface area contributed by atoms with E-state index in [0.717, 1.165) is 19.3 Å². The van der Waals surface area contributed by atoms with E-state index in [2.05, 4.69) is 9.97 Å². The molecule has 1 amide bonds. The van der Waals surface area contributed by atoms with E-state index in [9.17, 15) is 9.59 Å². The number of Topliss-reactive ketones (excluding diaryl/α,β-unsaturated/α-hetero) is 1. The smallest absolute Gasteiger partial charge is 0.274 e. The predicted octanol–water partition coefficient (Wildman–Crippen LogP) is 1.45. The van der Waals surface area contributed by atoms with E-state index in [1.807, 2.05) is 0 Å². The first-order chi connectivity index (χ1) is 8.68. The monoisotopic (exact) mass is 247 g/mol. The Morgan fingerprint density at radius 2 is 2.22 bits per heavy atom. The molecule has 1 aliphatic rings. The Labute approximate surface area is 106 Å². The summed E-state index contributed by atoms with van der Waals surface area (Å²) in [5, 5.41) is 0. The molecule has 1 fully saturated rings. The van der Waals surface area contributed by atoms with Gasteiger partial charge in [-0.2, -0.15) is 0 Å². The SMILES string of the molecule is CC(=O)CC1CCCCN1C(=O)c1cnccn1. The highest BCUT2D eigenvalue weighted by Crippen LogP contribution is 2.21. The molecule has 1 saturated heterocycles. The van der Waals surface area contributed by atoms with Crippen molar-refractivity contribution in [3.8, 4) is 0 Å². The molecule has 0 radical (unpaired) electrons. The summed E-state index contributed by atoms with van der Waals surface area (Å²) >= 11 is 0. The minimum Gasteiger partial charge on any atom is -0.334 e. The van der Waals surface area contributed by atoms with Crippen molar-refractivity contribution in [1.29, 1.82) is 0 Å². The molecule has 0 spiro atoms. The number of rotatable bonds is 3. The van der Waals surface area contributed by atoms with Crippen LogP contribution in [-0.2, 0) is 4.79 Å². The van der Waals surface area contributed by atoms with Crippen molar-refractivity contribution in [1.82, 2.24) is 14.9 Å². The summed E-state index contributed by atoms with van der Waals surface area (Å²) in [5.74, 6) is 0.00731. The van der Waals surface area contributed by atoms with Crippen LogP contribution in [0.3, 0.4) is 0 Å². The van der Waals surface area contributed by atoms with Gasteiger partial charge < -0.3 is 4.90 Å².